The second-order valence-electron chi connectivity index (χ2n) is 7.61. The van der Waals surface area contributed by atoms with Crippen LogP contribution in [0.5, 0.6) is 0 Å². The van der Waals surface area contributed by atoms with Crippen molar-refractivity contribution < 1.29 is 4.79 Å². The van der Waals surface area contributed by atoms with Crippen LogP contribution in [0.15, 0.2) is 91.4 Å². The Morgan fingerprint density at radius 3 is 2.52 bits per heavy atom. The van der Waals surface area contributed by atoms with Gasteiger partial charge in [0.05, 0.1) is 12.5 Å². The Kier molecular flexibility index (Phi) is 6.48. The summed E-state index contributed by atoms with van der Waals surface area (Å²) >= 11 is 6.15. The topological polar surface area (TPSA) is 46.9 Å². The molecule has 0 spiro atoms. The fourth-order valence-corrected chi connectivity index (χ4v) is 3.76. The van der Waals surface area contributed by atoms with Gasteiger partial charge in [0.1, 0.15) is 5.69 Å². The largest absolute Gasteiger partial charge is 0.348 e. The van der Waals surface area contributed by atoms with Gasteiger partial charge in [-0.2, -0.15) is 0 Å². The number of aryl methyl sites for hydroxylation is 1. The first kappa shape index (κ1) is 20.9. The Labute approximate surface area is 187 Å². The predicted molar refractivity (Wildman–Crippen MR) is 126 cm³/mol. The smallest absolute Gasteiger partial charge is 0.270 e. The van der Waals surface area contributed by atoms with E-state index in [0.29, 0.717) is 10.7 Å². The van der Waals surface area contributed by atoms with E-state index < -0.39 is 0 Å². The molecule has 0 bridgehead atoms. The van der Waals surface area contributed by atoms with Gasteiger partial charge in [0.2, 0.25) is 0 Å². The van der Waals surface area contributed by atoms with Gasteiger partial charge in [-0.3, -0.25) is 9.36 Å². The lowest BCUT2D eigenvalue weighted by atomic mass is 10.1. The van der Waals surface area contributed by atoms with E-state index >= 15 is 0 Å². The maximum absolute atomic E-state index is 12.9. The second-order valence-corrected chi connectivity index (χ2v) is 8.04. The third kappa shape index (κ3) is 5.22. The minimum atomic E-state index is -0.133. The fraction of sp³-hybridized carbons (Fsp3) is 0.154. The molecule has 3 aromatic carbocycles. The Bertz CT molecular complexity index is 1170. The molecule has 1 atom stereocenters. The maximum atomic E-state index is 12.9. The zero-order chi connectivity index (χ0) is 21.6. The molecule has 0 saturated carbocycles. The van der Waals surface area contributed by atoms with Crippen LogP contribution in [0.2, 0.25) is 5.02 Å². The summed E-state index contributed by atoms with van der Waals surface area (Å²) in [4.78, 5) is 17.1. The summed E-state index contributed by atoms with van der Waals surface area (Å²) in [7, 11) is 0. The van der Waals surface area contributed by atoms with Crippen LogP contribution in [-0.4, -0.2) is 21.5 Å². The number of carbonyl (C=O) groups excluding carboxylic acids is 1. The van der Waals surface area contributed by atoms with Gasteiger partial charge in [-0.05, 0) is 60.7 Å². The van der Waals surface area contributed by atoms with E-state index in [2.05, 4.69) is 22.4 Å². The number of amides is 1. The Hall–Kier alpha value is -3.37. The highest BCUT2D eigenvalue weighted by atomic mass is 35.5. The SMILES string of the molecule is CC(CCc1ccccc1)NC(=O)c1cncn1-c1cccc(-c2cccc(Cl)c2)c1. The number of hydrogen-bond acceptors (Lipinski definition) is 2. The van der Waals surface area contributed by atoms with Crippen molar-refractivity contribution in [1.29, 1.82) is 0 Å². The van der Waals surface area contributed by atoms with Gasteiger partial charge in [0.15, 0.2) is 0 Å². The molecule has 156 valence electrons. The summed E-state index contributed by atoms with van der Waals surface area (Å²) in [5, 5.41) is 3.79. The monoisotopic (exact) mass is 429 g/mol. The summed E-state index contributed by atoms with van der Waals surface area (Å²) < 4.78 is 1.81. The average Bonchev–Trinajstić information content (AvgIpc) is 3.29. The molecule has 1 aromatic heterocycles. The number of benzene rings is 3. The maximum Gasteiger partial charge on any atom is 0.270 e. The number of rotatable bonds is 7. The van der Waals surface area contributed by atoms with Crippen molar-refractivity contribution in [3.63, 3.8) is 0 Å². The zero-order valence-corrected chi connectivity index (χ0v) is 18.1. The average molecular weight is 430 g/mol. The normalized spacial score (nSPS) is 11.8. The van der Waals surface area contributed by atoms with Gasteiger partial charge >= 0.3 is 0 Å². The van der Waals surface area contributed by atoms with Crippen molar-refractivity contribution in [3.8, 4) is 16.8 Å². The molecule has 5 heteroatoms. The molecule has 4 nitrogen and oxygen atoms in total. The summed E-state index contributed by atoms with van der Waals surface area (Å²) in [5.41, 5.74) is 4.70. The van der Waals surface area contributed by atoms with Crippen LogP contribution < -0.4 is 5.32 Å². The van der Waals surface area contributed by atoms with Gasteiger partial charge in [0, 0.05) is 16.8 Å². The van der Waals surface area contributed by atoms with E-state index in [4.69, 9.17) is 11.6 Å². The van der Waals surface area contributed by atoms with Crippen molar-refractivity contribution in [2.45, 2.75) is 25.8 Å². The molecule has 4 aromatic rings. The van der Waals surface area contributed by atoms with Gasteiger partial charge in [0.25, 0.3) is 5.91 Å². The third-order valence-electron chi connectivity index (χ3n) is 5.24. The minimum absolute atomic E-state index is 0.0499. The van der Waals surface area contributed by atoms with E-state index in [1.807, 2.05) is 78.2 Å². The first-order valence-corrected chi connectivity index (χ1v) is 10.7. The summed E-state index contributed by atoms with van der Waals surface area (Å²) in [6.45, 7) is 2.03. The Balaban J connectivity index is 1.48. The summed E-state index contributed by atoms with van der Waals surface area (Å²) in [6.07, 6.45) is 5.06. The second kappa shape index (κ2) is 9.63. The van der Waals surface area contributed by atoms with Crippen LogP contribution in [0.1, 0.15) is 29.4 Å². The van der Waals surface area contributed by atoms with E-state index in [-0.39, 0.29) is 11.9 Å². The quantitative estimate of drug-likeness (QED) is 0.395. The van der Waals surface area contributed by atoms with Crippen LogP contribution in [0, 0.1) is 0 Å². The number of aromatic nitrogens is 2. The molecule has 1 unspecified atom stereocenters. The van der Waals surface area contributed by atoms with Crippen LogP contribution in [0.25, 0.3) is 16.8 Å². The van der Waals surface area contributed by atoms with Crippen molar-refractivity contribution in [2.24, 2.45) is 0 Å². The molecule has 0 radical (unpaired) electrons. The first-order valence-electron chi connectivity index (χ1n) is 10.3. The molecule has 0 aliphatic carbocycles. The molecule has 1 N–H and O–H groups in total. The minimum Gasteiger partial charge on any atom is -0.348 e. The van der Waals surface area contributed by atoms with Gasteiger partial charge < -0.3 is 5.32 Å². The van der Waals surface area contributed by atoms with Crippen molar-refractivity contribution in [2.75, 3.05) is 0 Å². The molecule has 31 heavy (non-hydrogen) atoms. The lowest BCUT2D eigenvalue weighted by Crippen LogP contribution is -2.34. The van der Waals surface area contributed by atoms with Crippen LogP contribution in [0.4, 0.5) is 0 Å². The van der Waals surface area contributed by atoms with Crippen LogP contribution in [-0.2, 0) is 6.42 Å². The highest BCUT2D eigenvalue weighted by Crippen LogP contribution is 2.25. The molecule has 1 heterocycles. The van der Waals surface area contributed by atoms with Gasteiger partial charge in [-0.25, -0.2) is 4.98 Å². The van der Waals surface area contributed by atoms with Crippen LogP contribution in [0.3, 0.4) is 0 Å². The van der Waals surface area contributed by atoms with E-state index in [1.54, 1.807) is 12.5 Å². The Morgan fingerprint density at radius 2 is 1.74 bits per heavy atom. The Morgan fingerprint density at radius 1 is 1.00 bits per heavy atom. The number of nitrogens with zero attached hydrogens (tertiary/aromatic N) is 2. The zero-order valence-electron chi connectivity index (χ0n) is 17.3. The standard InChI is InChI=1S/C26H24ClN3O/c1-19(13-14-20-7-3-2-4-8-20)29-26(31)25-17-28-18-30(25)24-12-6-10-22(16-24)21-9-5-11-23(27)15-21/h2-12,15-19H,13-14H2,1H3,(H,29,31). The first-order chi connectivity index (χ1) is 15.1. The lowest BCUT2D eigenvalue weighted by Gasteiger charge is -2.15. The number of hydrogen-bond donors (Lipinski definition) is 1. The van der Waals surface area contributed by atoms with E-state index in [1.165, 1.54) is 5.56 Å². The van der Waals surface area contributed by atoms with Gasteiger partial charge in [-0.1, -0.05) is 66.2 Å². The lowest BCUT2D eigenvalue weighted by molar-refractivity contribution is 0.0931. The van der Waals surface area contributed by atoms with Crippen LogP contribution >= 0.6 is 11.6 Å². The predicted octanol–water partition coefficient (Wildman–Crippen LogP) is 5.94. The van der Waals surface area contributed by atoms with Crippen molar-refractivity contribution in [3.05, 3.63) is 108 Å². The molecule has 0 fully saturated rings. The fourth-order valence-electron chi connectivity index (χ4n) is 3.57. The number of nitrogens with one attached hydrogen (secondary N) is 1. The molecule has 0 aliphatic heterocycles. The van der Waals surface area contributed by atoms with E-state index in [0.717, 1.165) is 29.7 Å². The molecular weight excluding hydrogens is 406 g/mol. The molecule has 0 aliphatic rings. The molecule has 0 saturated heterocycles. The van der Waals surface area contributed by atoms with Gasteiger partial charge in [-0.15, -0.1) is 0 Å². The molecular formula is C26H24ClN3O. The highest BCUT2D eigenvalue weighted by molar-refractivity contribution is 6.30. The summed E-state index contributed by atoms with van der Waals surface area (Å²) in [5.74, 6) is -0.133. The van der Waals surface area contributed by atoms with Crippen molar-refractivity contribution in [1.82, 2.24) is 14.9 Å². The molecule has 4 rings (SSSR count). The number of imidazole rings is 1. The number of halogens is 1. The summed E-state index contributed by atoms with van der Waals surface area (Å²) in [6, 6.07) is 26.1. The highest BCUT2D eigenvalue weighted by Gasteiger charge is 2.16. The van der Waals surface area contributed by atoms with E-state index in [9.17, 15) is 4.79 Å². The third-order valence-corrected chi connectivity index (χ3v) is 5.47. The molecule has 1 amide bonds. The van der Waals surface area contributed by atoms with Crippen molar-refractivity contribution >= 4 is 17.5 Å². The number of carbonyl (C=O) groups is 1.